The molecule has 6 N–H and O–H groups in total. The van der Waals surface area contributed by atoms with Crippen LogP contribution in [0.2, 0.25) is 0 Å². The topological polar surface area (TPSA) is 208 Å². The van der Waals surface area contributed by atoms with Gasteiger partial charge in [0.05, 0.1) is 35.5 Å². The third-order valence-electron chi connectivity index (χ3n) is 4.69. The van der Waals surface area contributed by atoms with Gasteiger partial charge in [-0.25, -0.2) is 27.1 Å². The molecular weight excluding hydrogens is 456 g/mol. The minimum Gasteiger partial charge on any atom is -0.387 e. The second-order valence-corrected chi connectivity index (χ2v) is 10.8. The van der Waals surface area contributed by atoms with Gasteiger partial charge in [0.2, 0.25) is 20.0 Å². The molecule has 10 nitrogen and oxygen atoms in total. The highest BCUT2D eigenvalue weighted by Crippen LogP contribution is 2.21. The van der Waals surface area contributed by atoms with Crippen LogP contribution in [0.25, 0.3) is 0 Å². The lowest BCUT2D eigenvalue weighted by Gasteiger charge is -2.16. The molecule has 0 heterocycles. The van der Waals surface area contributed by atoms with Crippen molar-refractivity contribution in [2.45, 2.75) is 36.6 Å². The van der Waals surface area contributed by atoms with Crippen LogP contribution in [0, 0.1) is 22.7 Å². The van der Waals surface area contributed by atoms with Gasteiger partial charge < -0.3 is 10.2 Å². The first-order chi connectivity index (χ1) is 14.7. The summed E-state index contributed by atoms with van der Waals surface area (Å²) in [5, 5.41) is 44.3. The van der Waals surface area contributed by atoms with E-state index in [0.717, 1.165) is 0 Å². The number of rotatable bonds is 6. The summed E-state index contributed by atoms with van der Waals surface area (Å²) in [5.41, 5.74) is 1.72. The van der Waals surface area contributed by atoms with Gasteiger partial charge in [-0.1, -0.05) is 24.3 Å². The van der Waals surface area contributed by atoms with Crippen LogP contribution in [0.5, 0.6) is 0 Å². The number of sulfonamides is 2. The molecule has 0 fully saturated rings. The molecule has 4 atom stereocenters. The summed E-state index contributed by atoms with van der Waals surface area (Å²) >= 11 is 0. The number of aliphatic hydroxyl groups excluding tert-OH is 2. The van der Waals surface area contributed by atoms with Crippen LogP contribution in [0.15, 0.2) is 48.5 Å². The normalized spacial score (nSPS) is 15.1. The molecule has 0 aliphatic carbocycles. The Kier molecular flexibility index (Phi) is 9.48. The van der Waals surface area contributed by atoms with Gasteiger partial charge in [-0.15, -0.1) is 0 Å². The molecule has 0 amide bonds. The molecule has 32 heavy (non-hydrogen) atoms. The molecule has 172 valence electrons. The van der Waals surface area contributed by atoms with Crippen LogP contribution in [-0.4, -0.2) is 37.5 Å². The highest BCUT2D eigenvalue weighted by Gasteiger charge is 2.26. The number of hydrogen-bond donors (Lipinski definition) is 4. The molecule has 0 radical (unpaired) electrons. The van der Waals surface area contributed by atoms with E-state index in [-0.39, 0.29) is 0 Å². The zero-order valence-corrected chi connectivity index (χ0v) is 19.0. The molecule has 0 saturated carbocycles. The maximum atomic E-state index is 11.0. The summed E-state index contributed by atoms with van der Waals surface area (Å²) < 4.78 is 44.1. The van der Waals surface area contributed by atoms with Crippen molar-refractivity contribution in [2.24, 2.45) is 10.3 Å². The van der Waals surface area contributed by atoms with E-state index >= 15 is 0 Å². The van der Waals surface area contributed by atoms with Gasteiger partial charge in [-0.05, 0) is 49.2 Å². The van der Waals surface area contributed by atoms with E-state index in [1.165, 1.54) is 62.4 Å². The standard InChI is InChI=1S/2C10H12N2O3S/c2*1-7(16(12,14)15)10(13)9-4-2-8(6-11)3-5-9/h2*2-5,7,10,13H,1H3,(H2,12,14,15)/t2*7-,10-/m10/s1. The fraction of sp³-hybridized carbons (Fsp3) is 0.300. The monoisotopic (exact) mass is 480 g/mol. The maximum Gasteiger partial charge on any atom is 0.214 e. The number of nitrogens with two attached hydrogens (primary N) is 2. The zero-order chi connectivity index (χ0) is 24.7. The minimum absolute atomic E-state index is 0.417. The van der Waals surface area contributed by atoms with Crippen LogP contribution in [-0.2, 0) is 20.0 Å². The molecular formula is C20H24N4O6S2. The largest absolute Gasteiger partial charge is 0.387 e. The van der Waals surface area contributed by atoms with E-state index < -0.39 is 42.8 Å². The van der Waals surface area contributed by atoms with Crippen molar-refractivity contribution in [1.29, 1.82) is 10.5 Å². The molecule has 0 spiro atoms. The SMILES string of the molecule is C[C@@H]([C@H](O)c1ccc(C#N)cc1)S(N)(=O)=O.C[C@H]([C@@H](O)c1ccc(C#N)cc1)S(N)(=O)=O. The first kappa shape index (κ1) is 27.2. The Morgan fingerprint density at radius 2 is 0.938 bits per heavy atom. The summed E-state index contributed by atoms with van der Waals surface area (Å²) in [6.45, 7) is 2.66. The van der Waals surface area contributed by atoms with Gasteiger partial charge in [0, 0.05) is 0 Å². The number of hydrogen-bond acceptors (Lipinski definition) is 8. The van der Waals surface area contributed by atoms with Gasteiger partial charge >= 0.3 is 0 Å². The Labute approximate surface area is 187 Å². The quantitative estimate of drug-likeness (QED) is 0.457. The van der Waals surface area contributed by atoms with Crippen molar-refractivity contribution in [1.82, 2.24) is 0 Å². The fourth-order valence-corrected chi connectivity index (χ4v) is 3.44. The van der Waals surface area contributed by atoms with Crippen LogP contribution >= 0.6 is 0 Å². The molecule has 0 aromatic heterocycles. The predicted molar refractivity (Wildman–Crippen MR) is 117 cm³/mol. The lowest BCUT2D eigenvalue weighted by Crippen LogP contribution is -2.31. The number of primary sulfonamides is 2. The van der Waals surface area contributed by atoms with E-state index in [1.807, 2.05) is 12.1 Å². The average Bonchev–Trinajstić information content (AvgIpc) is 2.76. The Morgan fingerprint density at radius 1 is 0.688 bits per heavy atom. The van der Waals surface area contributed by atoms with Gasteiger partial charge in [0.25, 0.3) is 0 Å². The average molecular weight is 481 g/mol. The van der Waals surface area contributed by atoms with Gasteiger partial charge in [-0.2, -0.15) is 10.5 Å². The highest BCUT2D eigenvalue weighted by atomic mass is 32.2. The molecule has 0 unspecified atom stereocenters. The summed E-state index contributed by atoms with van der Waals surface area (Å²) in [4.78, 5) is 0. The Balaban J connectivity index is 0.000000320. The molecule has 2 aromatic rings. The third kappa shape index (κ3) is 7.69. The van der Waals surface area contributed by atoms with E-state index in [1.54, 1.807) is 0 Å². The second-order valence-electron chi connectivity index (χ2n) is 6.95. The molecule has 0 saturated heterocycles. The van der Waals surface area contributed by atoms with E-state index in [4.69, 9.17) is 20.8 Å². The number of aliphatic hydroxyl groups is 2. The van der Waals surface area contributed by atoms with Crippen molar-refractivity contribution < 1.29 is 27.0 Å². The number of benzene rings is 2. The predicted octanol–water partition coefficient (Wildman–Crippen LogP) is 0.537. The Morgan fingerprint density at radius 3 is 1.12 bits per heavy atom. The number of nitriles is 2. The molecule has 2 rings (SSSR count). The molecule has 12 heteroatoms. The van der Waals surface area contributed by atoms with E-state index in [2.05, 4.69) is 0 Å². The highest BCUT2D eigenvalue weighted by molar-refractivity contribution is 7.90. The fourth-order valence-electron chi connectivity index (χ4n) is 2.41. The van der Waals surface area contributed by atoms with Gasteiger partial charge in [0.1, 0.15) is 10.5 Å². The summed E-state index contributed by atoms with van der Waals surface area (Å²) in [6, 6.07) is 15.9. The van der Waals surface area contributed by atoms with Crippen molar-refractivity contribution in [2.75, 3.05) is 0 Å². The lowest BCUT2D eigenvalue weighted by molar-refractivity contribution is 0.175. The first-order valence-electron chi connectivity index (χ1n) is 9.11. The summed E-state index contributed by atoms with van der Waals surface area (Å²) in [5.74, 6) is 0. The molecule has 0 aliphatic rings. The summed E-state index contributed by atoms with van der Waals surface area (Å²) in [7, 11) is -7.56. The Hall–Kier alpha value is -2.84. The van der Waals surface area contributed by atoms with Crippen LogP contribution in [0.3, 0.4) is 0 Å². The molecule has 0 aliphatic heterocycles. The minimum atomic E-state index is -3.78. The van der Waals surface area contributed by atoms with Crippen molar-refractivity contribution in [3.63, 3.8) is 0 Å². The van der Waals surface area contributed by atoms with Crippen LogP contribution in [0.4, 0.5) is 0 Å². The second kappa shape index (κ2) is 11.2. The molecule has 0 bridgehead atoms. The number of nitrogens with zero attached hydrogens (tertiary/aromatic N) is 2. The summed E-state index contributed by atoms with van der Waals surface area (Å²) in [6.07, 6.45) is -2.38. The van der Waals surface area contributed by atoms with Crippen molar-refractivity contribution in [3.05, 3.63) is 70.8 Å². The first-order valence-corrected chi connectivity index (χ1v) is 12.3. The lowest BCUT2D eigenvalue weighted by atomic mass is 10.1. The van der Waals surface area contributed by atoms with Crippen LogP contribution < -0.4 is 10.3 Å². The van der Waals surface area contributed by atoms with E-state index in [0.29, 0.717) is 22.3 Å². The molecule has 2 aromatic carbocycles. The van der Waals surface area contributed by atoms with Crippen LogP contribution in [0.1, 0.15) is 48.3 Å². The smallest absolute Gasteiger partial charge is 0.214 e. The third-order valence-corrected chi connectivity index (χ3v) is 7.28. The maximum absolute atomic E-state index is 11.0. The van der Waals surface area contributed by atoms with Crippen molar-refractivity contribution in [3.8, 4) is 12.1 Å². The van der Waals surface area contributed by atoms with Crippen molar-refractivity contribution >= 4 is 20.0 Å². The van der Waals surface area contributed by atoms with E-state index in [9.17, 15) is 27.0 Å². The zero-order valence-electron chi connectivity index (χ0n) is 17.3. The van der Waals surface area contributed by atoms with Gasteiger partial charge in [-0.3, -0.25) is 0 Å². The van der Waals surface area contributed by atoms with Gasteiger partial charge in [0.15, 0.2) is 0 Å². The Bertz CT molecular complexity index is 1100.